The molecular formula is C25H18O2. The SMILES string of the molecule is O=C(O)c1cccc2ccccc12.c1ccc2cc3ccccc3cc2c1. The van der Waals surface area contributed by atoms with Crippen LogP contribution >= 0.6 is 0 Å². The van der Waals surface area contributed by atoms with E-state index in [0.717, 1.165) is 10.8 Å². The Morgan fingerprint density at radius 3 is 1.41 bits per heavy atom. The van der Waals surface area contributed by atoms with Gasteiger partial charge in [0.2, 0.25) is 0 Å². The van der Waals surface area contributed by atoms with E-state index in [2.05, 4.69) is 60.7 Å². The fourth-order valence-corrected chi connectivity index (χ4v) is 3.29. The van der Waals surface area contributed by atoms with Gasteiger partial charge in [0, 0.05) is 0 Å². The summed E-state index contributed by atoms with van der Waals surface area (Å²) in [6, 6.07) is 34.2. The lowest BCUT2D eigenvalue weighted by Crippen LogP contribution is -1.96. The Balaban J connectivity index is 0.000000134. The summed E-state index contributed by atoms with van der Waals surface area (Å²) >= 11 is 0. The molecule has 0 saturated heterocycles. The molecule has 0 amide bonds. The third-order valence-electron chi connectivity index (χ3n) is 4.63. The summed E-state index contributed by atoms with van der Waals surface area (Å²) in [6.07, 6.45) is 0. The summed E-state index contributed by atoms with van der Waals surface area (Å²) < 4.78 is 0. The number of hydrogen-bond donors (Lipinski definition) is 1. The summed E-state index contributed by atoms with van der Waals surface area (Å²) in [5.74, 6) is -0.878. The summed E-state index contributed by atoms with van der Waals surface area (Å²) in [5, 5.41) is 15.9. The Kier molecular flexibility index (Phi) is 4.54. The lowest BCUT2D eigenvalue weighted by molar-refractivity contribution is 0.0699. The maximum Gasteiger partial charge on any atom is 0.336 e. The van der Waals surface area contributed by atoms with Crippen molar-refractivity contribution >= 4 is 38.3 Å². The highest BCUT2D eigenvalue weighted by Gasteiger charge is 2.05. The van der Waals surface area contributed by atoms with Crippen molar-refractivity contribution in [3.05, 3.63) is 109 Å². The number of carbonyl (C=O) groups is 1. The van der Waals surface area contributed by atoms with Gasteiger partial charge in [-0.2, -0.15) is 0 Å². The lowest BCUT2D eigenvalue weighted by atomic mass is 10.0. The number of aromatic carboxylic acids is 1. The fraction of sp³-hybridized carbons (Fsp3) is 0. The van der Waals surface area contributed by atoms with Gasteiger partial charge in [0.15, 0.2) is 0 Å². The van der Waals surface area contributed by atoms with Crippen LogP contribution in [0.15, 0.2) is 103 Å². The minimum atomic E-state index is -0.878. The van der Waals surface area contributed by atoms with Gasteiger partial charge in [0.1, 0.15) is 0 Å². The van der Waals surface area contributed by atoms with Gasteiger partial charge >= 0.3 is 5.97 Å². The molecular weight excluding hydrogens is 332 g/mol. The van der Waals surface area contributed by atoms with Crippen molar-refractivity contribution in [3.8, 4) is 0 Å². The number of benzene rings is 5. The molecule has 0 atom stereocenters. The lowest BCUT2D eigenvalue weighted by Gasteiger charge is -2.00. The second kappa shape index (κ2) is 7.30. The van der Waals surface area contributed by atoms with Gasteiger partial charge in [-0.15, -0.1) is 0 Å². The zero-order chi connectivity index (χ0) is 18.6. The van der Waals surface area contributed by atoms with Crippen molar-refractivity contribution in [2.45, 2.75) is 0 Å². The number of rotatable bonds is 1. The molecule has 0 unspecified atom stereocenters. The highest BCUT2D eigenvalue weighted by atomic mass is 16.4. The maximum atomic E-state index is 10.8. The molecule has 1 N–H and O–H groups in total. The average molecular weight is 350 g/mol. The topological polar surface area (TPSA) is 37.3 Å². The van der Waals surface area contributed by atoms with Gasteiger partial charge in [-0.3, -0.25) is 0 Å². The first kappa shape index (κ1) is 16.8. The molecule has 0 saturated carbocycles. The molecule has 0 heterocycles. The Morgan fingerprint density at radius 1 is 0.519 bits per heavy atom. The molecule has 5 rings (SSSR count). The van der Waals surface area contributed by atoms with Crippen molar-refractivity contribution in [1.29, 1.82) is 0 Å². The molecule has 0 aliphatic carbocycles. The molecule has 0 aliphatic rings. The van der Waals surface area contributed by atoms with E-state index in [0.29, 0.717) is 5.56 Å². The molecule has 130 valence electrons. The average Bonchev–Trinajstić information content (AvgIpc) is 2.72. The minimum absolute atomic E-state index is 0.359. The second-order valence-corrected chi connectivity index (χ2v) is 6.38. The van der Waals surface area contributed by atoms with Crippen LogP contribution in [0, 0.1) is 0 Å². The molecule has 0 aromatic heterocycles. The molecule has 0 radical (unpaired) electrons. The van der Waals surface area contributed by atoms with Crippen LogP contribution in [0.4, 0.5) is 0 Å². The van der Waals surface area contributed by atoms with Crippen molar-refractivity contribution in [1.82, 2.24) is 0 Å². The Morgan fingerprint density at radius 2 is 0.926 bits per heavy atom. The van der Waals surface area contributed by atoms with Crippen LogP contribution in [0.5, 0.6) is 0 Å². The second-order valence-electron chi connectivity index (χ2n) is 6.38. The van der Waals surface area contributed by atoms with Crippen molar-refractivity contribution in [2.24, 2.45) is 0 Å². The first-order valence-corrected chi connectivity index (χ1v) is 8.81. The van der Waals surface area contributed by atoms with Crippen LogP contribution in [-0.4, -0.2) is 11.1 Å². The van der Waals surface area contributed by atoms with Crippen LogP contribution in [0.1, 0.15) is 10.4 Å². The first-order chi connectivity index (χ1) is 13.2. The van der Waals surface area contributed by atoms with Gasteiger partial charge in [0.25, 0.3) is 0 Å². The molecule has 0 fully saturated rings. The highest BCUT2D eigenvalue weighted by molar-refractivity contribution is 6.03. The third kappa shape index (κ3) is 3.51. The van der Waals surface area contributed by atoms with Gasteiger partial charge in [-0.25, -0.2) is 4.79 Å². The van der Waals surface area contributed by atoms with E-state index in [4.69, 9.17) is 5.11 Å². The normalized spacial score (nSPS) is 10.5. The van der Waals surface area contributed by atoms with Crippen molar-refractivity contribution in [3.63, 3.8) is 0 Å². The molecule has 27 heavy (non-hydrogen) atoms. The van der Waals surface area contributed by atoms with E-state index < -0.39 is 5.97 Å². The standard InChI is InChI=1S/C14H10.C11H8O2/c1-2-6-12-10-14-8-4-3-7-13(14)9-11(12)5-1;12-11(13)10-7-3-5-8-4-1-2-6-9(8)10/h1-10H;1-7H,(H,12,13). The zero-order valence-electron chi connectivity index (χ0n) is 14.7. The largest absolute Gasteiger partial charge is 0.478 e. The Hall–Kier alpha value is -3.65. The number of fused-ring (bicyclic) bond motifs is 3. The molecule has 2 heteroatoms. The third-order valence-corrected chi connectivity index (χ3v) is 4.63. The van der Waals surface area contributed by atoms with Crippen LogP contribution in [0.2, 0.25) is 0 Å². The van der Waals surface area contributed by atoms with E-state index >= 15 is 0 Å². The quantitative estimate of drug-likeness (QED) is 0.349. The summed E-state index contributed by atoms with van der Waals surface area (Å²) in [7, 11) is 0. The summed E-state index contributed by atoms with van der Waals surface area (Å²) in [4.78, 5) is 10.8. The van der Waals surface area contributed by atoms with Crippen LogP contribution in [-0.2, 0) is 0 Å². The van der Waals surface area contributed by atoms with Crippen LogP contribution < -0.4 is 0 Å². The van der Waals surface area contributed by atoms with Gasteiger partial charge in [0.05, 0.1) is 5.56 Å². The maximum absolute atomic E-state index is 10.8. The predicted molar refractivity (Wildman–Crippen MR) is 112 cm³/mol. The van der Waals surface area contributed by atoms with Crippen molar-refractivity contribution < 1.29 is 9.90 Å². The highest BCUT2D eigenvalue weighted by Crippen LogP contribution is 2.22. The van der Waals surface area contributed by atoms with E-state index in [9.17, 15) is 4.79 Å². The summed E-state index contributed by atoms with van der Waals surface area (Å²) in [6.45, 7) is 0. The van der Waals surface area contributed by atoms with E-state index in [1.807, 2.05) is 30.3 Å². The molecule has 5 aromatic carbocycles. The molecule has 0 aliphatic heterocycles. The Labute approximate surface area is 157 Å². The van der Waals surface area contributed by atoms with Gasteiger partial charge < -0.3 is 5.11 Å². The molecule has 0 spiro atoms. The van der Waals surface area contributed by atoms with E-state index in [1.54, 1.807) is 12.1 Å². The van der Waals surface area contributed by atoms with Gasteiger partial charge in [-0.05, 0) is 50.5 Å². The molecule has 0 bridgehead atoms. The van der Waals surface area contributed by atoms with E-state index in [1.165, 1.54) is 21.5 Å². The van der Waals surface area contributed by atoms with E-state index in [-0.39, 0.29) is 0 Å². The minimum Gasteiger partial charge on any atom is -0.478 e. The van der Waals surface area contributed by atoms with Crippen molar-refractivity contribution in [2.75, 3.05) is 0 Å². The number of carboxylic acids is 1. The monoisotopic (exact) mass is 350 g/mol. The number of hydrogen-bond acceptors (Lipinski definition) is 1. The summed E-state index contributed by atoms with van der Waals surface area (Å²) in [5.41, 5.74) is 0.359. The predicted octanol–water partition coefficient (Wildman–Crippen LogP) is 6.53. The zero-order valence-corrected chi connectivity index (χ0v) is 14.7. The number of carboxylic acid groups (broad SMARTS) is 1. The molecule has 5 aromatic rings. The fourth-order valence-electron chi connectivity index (χ4n) is 3.29. The van der Waals surface area contributed by atoms with Crippen LogP contribution in [0.3, 0.4) is 0 Å². The van der Waals surface area contributed by atoms with Crippen LogP contribution in [0.25, 0.3) is 32.3 Å². The van der Waals surface area contributed by atoms with Gasteiger partial charge in [-0.1, -0.05) is 84.9 Å². The smallest absolute Gasteiger partial charge is 0.336 e. The Bertz CT molecular complexity index is 1140. The first-order valence-electron chi connectivity index (χ1n) is 8.81. The molecule has 2 nitrogen and oxygen atoms in total.